The van der Waals surface area contributed by atoms with Crippen molar-refractivity contribution in [3.8, 4) is 6.07 Å². The Bertz CT molecular complexity index is 118. The molecule has 0 fully saturated rings. The van der Waals surface area contributed by atoms with Crippen LogP contribution in [0.1, 0.15) is 12.8 Å². The van der Waals surface area contributed by atoms with Crippen LogP contribution in [0, 0.1) is 11.3 Å². The third kappa shape index (κ3) is 5.80. The summed E-state index contributed by atoms with van der Waals surface area (Å²) in [6, 6.07) is 1.77. The van der Waals surface area contributed by atoms with E-state index < -0.39 is 0 Å². The molecule has 0 aliphatic rings. The molecule has 0 radical (unpaired) electrons. The molecule has 0 atom stereocenters. The lowest BCUT2D eigenvalue weighted by molar-refractivity contribution is 0.171. The van der Waals surface area contributed by atoms with Gasteiger partial charge in [0.05, 0.1) is 25.3 Å². The zero-order valence-corrected chi connectivity index (χ0v) is 6.45. The minimum absolute atomic E-state index is 0.0664. The second kappa shape index (κ2) is 7.48. The first-order valence-corrected chi connectivity index (χ1v) is 3.67. The van der Waals surface area contributed by atoms with E-state index in [1.54, 1.807) is 0 Å². The Morgan fingerprint density at radius 3 is 2.45 bits per heavy atom. The van der Waals surface area contributed by atoms with Crippen molar-refractivity contribution in [2.45, 2.75) is 18.9 Å². The molecule has 0 saturated carbocycles. The number of nitrogens with one attached hydrogen (secondary N) is 1. The summed E-state index contributed by atoms with van der Waals surface area (Å²) in [5.41, 5.74) is 0. The molecule has 0 aromatic rings. The Morgan fingerprint density at radius 1 is 1.36 bits per heavy atom. The molecule has 0 bridgehead atoms. The van der Waals surface area contributed by atoms with Crippen LogP contribution < -0.4 is 5.32 Å². The Hall–Kier alpha value is -0.630. The minimum atomic E-state index is -0.242. The van der Waals surface area contributed by atoms with Gasteiger partial charge in [-0.15, -0.1) is 0 Å². The first-order valence-electron chi connectivity index (χ1n) is 3.67. The fourth-order valence-corrected chi connectivity index (χ4v) is 0.660. The van der Waals surface area contributed by atoms with E-state index in [4.69, 9.17) is 15.5 Å². The van der Waals surface area contributed by atoms with Gasteiger partial charge in [0, 0.05) is 6.42 Å². The largest absolute Gasteiger partial charge is 0.395 e. The highest BCUT2D eigenvalue weighted by Gasteiger charge is 2.02. The average Bonchev–Trinajstić information content (AvgIpc) is 2.05. The van der Waals surface area contributed by atoms with Gasteiger partial charge in [-0.2, -0.15) is 5.26 Å². The van der Waals surface area contributed by atoms with Crippen LogP contribution in [0.25, 0.3) is 0 Å². The Labute approximate surface area is 66.5 Å². The number of unbranched alkanes of at least 4 members (excludes halogenated alkanes) is 1. The van der Waals surface area contributed by atoms with E-state index in [0.29, 0.717) is 13.0 Å². The zero-order valence-electron chi connectivity index (χ0n) is 6.45. The summed E-state index contributed by atoms with van der Waals surface area (Å²) in [6.45, 7) is 0.533. The molecule has 4 heteroatoms. The van der Waals surface area contributed by atoms with Gasteiger partial charge in [0.25, 0.3) is 0 Å². The SMILES string of the molecule is N#CCCCNC(CO)CO. The van der Waals surface area contributed by atoms with E-state index >= 15 is 0 Å². The maximum absolute atomic E-state index is 8.60. The van der Waals surface area contributed by atoms with E-state index in [-0.39, 0.29) is 19.3 Å². The molecule has 0 aliphatic carbocycles. The monoisotopic (exact) mass is 158 g/mol. The molecule has 0 unspecified atom stereocenters. The van der Waals surface area contributed by atoms with Crippen molar-refractivity contribution in [1.29, 1.82) is 5.26 Å². The predicted molar refractivity (Wildman–Crippen MR) is 40.8 cm³/mol. The lowest BCUT2D eigenvalue weighted by Gasteiger charge is -2.11. The maximum Gasteiger partial charge on any atom is 0.0622 e. The van der Waals surface area contributed by atoms with E-state index in [0.717, 1.165) is 6.42 Å². The molecule has 0 aliphatic heterocycles. The van der Waals surface area contributed by atoms with Gasteiger partial charge in [-0.1, -0.05) is 0 Å². The Morgan fingerprint density at radius 2 is 2.00 bits per heavy atom. The van der Waals surface area contributed by atoms with Gasteiger partial charge in [0.2, 0.25) is 0 Å². The fraction of sp³-hybridized carbons (Fsp3) is 0.857. The van der Waals surface area contributed by atoms with Crippen molar-refractivity contribution in [2.24, 2.45) is 0 Å². The van der Waals surface area contributed by atoms with Crippen LogP contribution in [0.4, 0.5) is 0 Å². The highest BCUT2D eigenvalue weighted by molar-refractivity contribution is 4.70. The topological polar surface area (TPSA) is 76.3 Å². The second-order valence-corrected chi connectivity index (χ2v) is 2.28. The molecule has 0 heterocycles. The van der Waals surface area contributed by atoms with Crippen LogP contribution >= 0.6 is 0 Å². The number of nitrogens with zero attached hydrogens (tertiary/aromatic N) is 1. The van der Waals surface area contributed by atoms with Crippen molar-refractivity contribution >= 4 is 0 Å². The summed E-state index contributed by atoms with van der Waals surface area (Å²) in [7, 11) is 0. The lowest BCUT2D eigenvalue weighted by Crippen LogP contribution is -2.36. The molecule has 0 aromatic carbocycles. The summed E-state index contributed by atoms with van der Waals surface area (Å²) < 4.78 is 0. The molecule has 0 aromatic heterocycles. The minimum Gasteiger partial charge on any atom is -0.395 e. The number of rotatable bonds is 6. The third-order valence-electron chi connectivity index (χ3n) is 1.34. The lowest BCUT2D eigenvalue weighted by atomic mass is 10.3. The number of hydrogen-bond donors (Lipinski definition) is 3. The molecule has 0 amide bonds. The van der Waals surface area contributed by atoms with E-state index in [1.165, 1.54) is 0 Å². The van der Waals surface area contributed by atoms with Gasteiger partial charge < -0.3 is 15.5 Å². The normalized spacial score (nSPS) is 10.0. The number of aliphatic hydroxyl groups is 2. The zero-order chi connectivity index (χ0) is 8.53. The molecule has 64 valence electrons. The van der Waals surface area contributed by atoms with E-state index in [1.807, 2.05) is 6.07 Å². The van der Waals surface area contributed by atoms with Crippen molar-refractivity contribution in [1.82, 2.24) is 5.32 Å². The average molecular weight is 158 g/mol. The number of hydrogen-bond acceptors (Lipinski definition) is 4. The summed E-state index contributed by atoms with van der Waals surface area (Å²) in [6.07, 6.45) is 1.27. The predicted octanol–water partition coefficient (Wildman–Crippen LogP) is -0.767. The second-order valence-electron chi connectivity index (χ2n) is 2.28. The number of aliphatic hydroxyl groups excluding tert-OH is 2. The highest BCUT2D eigenvalue weighted by Crippen LogP contribution is 1.85. The van der Waals surface area contributed by atoms with Crippen molar-refractivity contribution in [2.75, 3.05) is 19.8 Å². The van der Waals surface area contributed by atoms with Crippen LogP contribution in [0.2, 0.25) is 0 Å². The van der Waals surface area contributed by atoms with Crippen molar-refractivity contribution in [3.05, 3.63) is 0 Å². The summed E-state index contributed by atoms with van der Waals surface area (Å²) >= 11 is 0. The van der Waals surface area contributed by atoms with Gasteiger partial charge in [0.15, 0.2) is 0 Å². The van der Waals surface area contributed by atoms with Crippen LogP contribution in [-0.2, 0) is 0 Å². The quantitative estimate of drug-likeness (QED) is 0.444. The Kier molecular flexibility index (Phi) is 7.05. The van der Waals surface area contributed by atoms with Crippen LogP contribution in [0.5, 0.6) is 0 Å². The molecule has 4 nitrogen and oxygen atoms in total. The first kappa shape index (κ1) is 10.4. The van der Waals surface area contributed by atoms with E-state index in [9.17, 15) is 0 Å². The third-order valence-corrected chi connectivity index (χ3v) is 1.34. The van der Waals surface area contributed by atoms with Crippen LogP contribution in [0.3, 0.4) is 0 Å². The molecular weight excluding hydrogens is 144 g/mol. The standard InChI is InChI=1S/C7H14N2O2/c8-3-1-2-4-9-7(5-10)6-11/h7,9-11H,1-2,4-6H2. The smallest absolute Gasteiger partial charge is 0.0622 e. The van der Waals surface area contributed by atoms with E-state index in [2.05, 4.69) is 5.32 Å². The summed E-state index contributed by atoms with van der Waals surface area (Å²) in [4.78, 5) is 0. The summed E-state index contributed by atoms with van der Waals surface area (Å²) in [5.74, 6) is 0. The maximum atomic E-state index is 8.60. The molecule has 0 rings (SSSR count). The molecule has 0 spiro atoms. The Balaban J connectivity index is 3.16. The van der Waals surface area contributed by atoms with Gasteiger partial charge in [-0.25, -0.2) is 0 Å². The van der Waals surface area contributed by atoms with Crippen molar-refractivity contribution < 1.29 is 10.2 Å². The summed E-state index contributed by atoms with van der Waals surface area (Å²) in [5, 5.41) is 28.3. The molecular formula is C7H14N2O2. The first-order chi connectivity index (χ1) is 5.35. The van der Waals surface area contributed by atoms with Gasteiger partial charge in [-0.3, -0.25) is 0 Å². The van der Waals surface area contributed by atoms with Crippen LogP contribution in [-0.4, -0.2) is 36.0 Å². The molecule has 0 saturated heterocycles. The van der Waals surface area contributed by atoms with Crippen LogP contribution in [0.15, 0.2) is 0 Å². The van der Waals surface area contributed by atoms with Crippen molar-refractivity contribution in [3.63, 3.8) is 0 Å². The molecule has 3 N–H and O–H groups in total. The molecule has 11 heavy (non-hydrogen) atoms. The van der Waals surface area contributed by atoms with Gasteiger partial charge in [0.1, 0.15) is 0 Å². The van der Waals surface area contributed by atoms with Gasteiger partial charge in [-0.05, 0) is 13.0 Å². The van der Waals surface area contributed by atoms with Gasteiger partial charge >= 0.3 is 0 Å². The fourth-order valence-electron chi connectivity index (χ4n) is 0.660. The highest BCUT2D eigenvalue weighted by atomic mass is 16.3. The number of nitriles is 1.